The summed E-state index contributed by atoms with van der Waals surface area (Å²) in [5.41, 5.74) is 0. The number of carboxylic acids is 4. The number of hydrogen-bond acceptors (Lipinski definition) is 4. The SMILES string of the molecule is O=C(O)CC(=O)O.[Ag+].[Ag+].[Ag].[Ag].[CH2-]C(=O)O.[CH2-]C(=O)O. The van der Waals surface area contributed by atoms with Gasteiger partial charge in [0.15, 0.2) is 11.9 Å². The Bertz CT molecular complexity index is 213. The standard InChI is InChI=1S/C3H4O4.2C2H3O2.4Ag/c4-2(5)1-3(6)7;2*1-2(3)4;;;;/h1H2,(H,4,5)(H,6,7);2*1H2,(H,3,4);;;;/q;2*-1;;;2*+1. The van der Waals surface area contributed by atoms with Crippen molar-refractivity contribution in [3.63, 3.8) is 0 Å². The van der Waals surface area contributed by atoms with E-state index in [0.717, 1.165) is 0 Å². The quantitative estimate of drug-likeness (QED) is 0.175. The predicted octanol–water partition coefficient (Wildman–Crippen LogP) is -0.654. The van der Waals surface area contributed by atoms with Crippen molar-refractivity contribution in [1.29, 1.82) is 0 Å². The van der Waals surface area contributed by atoms with Crippen molar-refractivity contribution >= 4 is 23.9 Å². The third kappa shape index (κ3) is 243. The van der Waals surface area contributed by atoms with Crippen molar-refractivity contribution in [2.24, 2.45) is 0 Å². The van der Waals surface area contributed by atoms with Crippen molar-refractivity contribution < 1.29 is 129 Å². The molecule has 8 nitrogen and oxygen atoms in total. The molecule has 0 aromatic carbocycles. The van der Waals surface area contributed by atoms with E-state index in [-0.39, 0.29) is 89.5 Å². The molecule has 0 aliphatic rings. The Balaban J connectivity index is -0.0000000216. The first-order valence-electron chi connectivity index (χ1n) is 3.13. The van der Waals surface area contributed by atoms with Gasteiger partial charge in [0, 0.05) is 44.8 Å². The maximum Gasteiger partial charge on any atom is 1.00 e. The molecule has 0 saturated carbocycles. The normalized spacial score (nSPS) is 5.47. The molecule has 0 aromatic heterocycles. The van der Waals surface area contributed by atoms with Crippen LogP contribution in [0.4, 0.5) is 0 Å². The zero-order valence-electron chi connectivity index (χ0n) is 8.75. The minimum absolute atomic E-state index is 0. The second kappa shape index (κ2) is 31.1. The van der Waals surface area contributed by atoms with E-state index in [1.165, 1.54) is 0 Å². The van der Waals surface area contributed by atoms with Crippen molar-refractivity contribution in [3.8, 4) is 0 Å². The molecular formula is C7H10Ag4O8. The van der Waals surface area contributed by atoms with Crippen LogP contribution in [-0.2, 0) is 109 Å². The van der Waals surface area contributed by atoms with Gasteiger partial charge in [-0.15, -0.1) is 0 Å². The average Bonchev–Trinajstić information content (AvgIpc) is 1.78. The largest absolute Gasteiger partial charge is 1.00 e. The zero-order valence-corrected chi connectivity index (χ0v) is 14.7. The molecule has 12 heteroatoms. The summed E-state index contributed by atoms with van der Waals surface area (Å²) in [6, 6.07) is 0. The summed E-state index contributed by atoms with van der Waals surface area (Å²) in [6.45, 7) is 5.11. The van der Waals surface area contributed by atoms with Crippen LogP contribution in [0.3, 0.4) is 0 Å². The summed E-state index contributed by atoms with van der Waals surface area (Å²) < 4.78 is 0. The van der Waals surface area contributed by atoms with E-state index in [0.29, 0.717) is 0 Å². The van der Waals surface area contributed by atoms with Crippen LogP contribution < -0.4 is 0 Å². The van der Waals surface area contributed by atoms with Gasteiger partial charge in [0.2, 0.25) is 0 Å². The number of aliphatic carboxylic acids is 4. The van der Waals surface area contributed by atoms with Gasteiger partial charge in [-0.3, -0.25) is 33.0 Å². The molecule has 0 rings (SSSR count). The molecule has 0 atom stereocenters. The molecule has 0 saturated heterocycles. The van der Waals surface area contributed by atoms with Crippen LogP contribution in [0.15, 0.2) is 0 Å². The van der Waals surface area contributed by atoms with E-state index in [4.69, 9.17) is 30.0 Å². The predicted molar refractivity (Wildman–Crippen MR) is 45.9 cm³/mol. The molecule has 0 fully saturated rings. The fraction of sp³-hybridized carbons (Fsp3) is 0.143. The van der Waals surface area contributed by atoms with Crippen LogP contribution >= 0.6 is 0 Å². The second-order valence-electron chi connectivity index (χ2n) is 1.75. The van der Waals surface area contributed by atoms with E-state index in [9.17, 15) is 9.59 Å². The molecule has 0 amide bonds. The van der Waals surface area contributed by atoms with E-state index < -0.39 is 30.3 Å². The average molecular weight is 654 g/mol. The summed E-state index contributed by atoms with van der Waals surface area (Å²) in [7, 11) is 0. The fourth-order valence-corrected chi connectivity index (χ4v) is 0.129. The van der Waals surface area contributed by atoms with Crippen LogP contribution in [0, 0.1) is 13.8 Å². The third-order valence-electron chi connectivity index (χ3n) is 0.302. The van der Waals surface area contributed by atoms with Crippen molar-refractivity contribution in [2.75, 3.05) is 0 Å². The summed E-state index contributed by atoms with van der Waals surface area (Å²) in [6.07, 6.45) is -0.806. The monoisotopic (exact) mass is 650 g/mol. The molecule has 2 radical (unpaired) electrons. The molecule has 4 N–H and O–H groups in total. The van der Waals surface area contributed by atoms with Crippen LogP contribution in [0.2, 0.25) is 0 Å². The Hall–Kier alpha value is 0.581. The van der Waals surface area contributed by atoms with Gasteiger partial charge >= 0.3 is 56.7 Å². The van der Waals surface area contributed by atoms with Gasteiger partial charge in [-0.1, -0.05) is 0 Å². The third-order valence-corrected chi connectivity index (χ3v) is 0.302. The molecule has 0 aliphatic heterocycles. The maximum atomic E-state index is 9.43. The van der Waals surface area contributed by atoms with Crippen LogP contribution in [0.5, 0.6) is 0 Å². The Morgan fingerprint density at radius 3 is 0.789 bits per heavy atom. The molecular weight excluding hydrogens is 644 g/mol. The first kappa shape index (κ1) is 42.7. The Morgan fingerprint density at radius 2 is 0.789 bits per heavy atom. The minimum Gasteiger partial charge on any atom is -0.503 e. The summed E-state index contributed by atoms with van der Waals surface area (Å²) in [5.74, 6) is -4.79. The second-order valence-corrected chi connectivity index (χ2v) is 1.75. The summed E-state index contributed by atoms with van der Waals surface area (Å²) >= 11 is 0. The molecule has 0 unspecified atom stereocenters. The van der Waals surface area contributed by atoms with Gasteiger partial charge in [0.25, 0.3) is 0 Å². The topological polar surface area (TPSA) is 149 Å². The number of carbonyl (C=O) groups is 4. The van der Waals surface area contributed by atoms with Crippen molar-refractivity contribution in [1.82, 2.24) is 0 Å². The number of carboxylic acid groups (broad SMARTS) is 4. The van der Waals surface area contributed by atoms with Crippen molar-refractivity contribution in [2.45, 2.75) is 6.42 Å². The summed E-state index contributed by atoms with van der Waals surface area (Å²) in [4.78, 5) is 36.6. The van der Waals surface area contributed by atoms with E-state index in [1.807, 2.05) is 0 Å². The smallest absolute Gasteiger partial charge is 0.503 e. The molecule has 0 aliphatic carbocycles. The van der Waals surface area contributed by atoms with Gasteiger partial charge in [0.05, 0.1) is 0 Å². The van der Waals surface area contributed by atoms with Crippen LogP contribution in [0.1, 0.15) is 6.42 Å². The first-order valence-corrected chi connectivity index (χ1v) is 3.13. The Kier molecular flexibility index (Phi) is 70.0. The molecule has 0 spiro atoms. The molecule has 0 heterocycles. The van der Waals surface area contributed by atoms with Gasteiger partial charge in [-0.2, -0.15) is 0 Å². The molecule has 130 valence electrons. The first-order chi connectivity index (χ1) is 6.59. The zero-order chi connectivity index (χ0) is 13.0. The van der Waals surface area contributed by atoms with Gasteiger partial charge in [0.1, 0.15) is 6.42 Å². The number of rotatable bonds is 2. The molecule has 0 aromatic rings. The van der Waals surface area contributed by atoms with E-state index in [1.54, 1.807) is 0 Å². The van der Waals surface area contributed by atoms with Gasteiger partial charge in [-0.25, -0.2) is 0 Å². The Morgan fingerprint density at radius 1 is 0.684 bits per heavy atom. The molecule has 19 heavy (non-hydrogen) atoms. The fourth-order valence-electron chi connectivity index (χ4n) is 0.129. The van der Waals surface area contributed by atoms with Gasteiger partial charge < -0.3 is 20.4 Å². The minimum atomic E-state index is -1.31. The summed E-state index contributed by atoms with van der Waals surface area (Å²) in [5, 5.41) is 30.0. The van der Waals surface area contributed by atoms with Crippen molar-refractivity contribution in [3.05, 3.63) is 13.8 Å². The van der Waals surface area contributed by atoms with E-state index in [2.05, 4.69) is 13.8 Å². The number of hydrogen-bond donors (Lipinski definition) is 4. The molecule has 0 bridgehead atoms. The van der Waals surface area contributed by atoms with Crippen LogP contribution in [0.25, 0.3) is 0 Å². The maximum absolute atomic E-state index is 9.43. The van der Waals surface area contributed by atoms with Crippen LogP contribution in [-0.4, -0.2) is 44.3 Å². The van der Waals surface area contributed by atoms with Gasteiger partial charge in [-0.05, 0) is 0 Å². The Labute approximate surface area is 171 Å². The van der Waals surface area contributed by atoms with E-state index >= 15 is 0 Å².